The van der Waals surface area contributed by atoms with E-state index in [-0.39, 0.29) is 17.0 Å². The molecule has 1 aromatic heterocycles. The average Bonchev–Trinajstić information content (AvgIpc) is 3.32. The number of ether oxygens (including phenoxy) is 2. The van der Waals surface area contributed by atoms with Gasteiger partial charge in [0.1, 0.15) is 0 Å². The molecule has 0 aliphatic carbocycles. The van der Waals surface area contributed by atoms with Gasteiger partial charge in [-0.3, -0.25) is 9.52 Å². The van der Waals surface area contributed by atoms with E-state index in [1.54, 1.807) is 60.9 Å². The molecule has 0 unspecified atom stereocenters. The molecular weight excluding hydrogens is 520 g/mol. The summed E-state index contributed by atoms with van der Waals surface area (Å²) >= 11 is 0. The fourth-order valence-corrected chi connectivity index (χ4v) is 5.22. The topological polar surface area (TPSA) is 132 Å². The van der Waals surface area contributed by atoms with Crippen LogP contribution in [0, 0.1) is 0 Å². The van der Waals surface area contributed by atoms with Gasteiger partial charge in [0.25, 0.3) is 16.5 Å². The zero-order valence-electron chi connectivity index (χ0n) is 22.0. The fourth-order valence-electron chi connectivity index (χ4n) is 4.15. The van der Waals surface area contributed by atoms with Crippen LogP contribution in [-0.4, -0.2) is 48.7 Å². The number of imidazole rings is 1. The van der Waals surface area contributed by atoms with E-state index in [2.05, 4.69) is 15.0 Å². The molecule has 0 saturated carbocycles. The zero-order valence-corrected chi connectivity index (χ0v) is 22.8. The smallest absolute Gasteiger partial charge is 0.298 e. The molecule has 0 aliphatic rings. The Balaban J connectivity index is 1.37. The third-order valence-corrected chi connectivity index (χ3v) is 7.81. The summed E-state index contributed by atoms with van der Waals surface area (Å²) in [5, 5.41) is 14.2. The van der Waals surface area contributed by atoms with Crippen molar-refractivity contribution in [3.05, 3.63) is 78.6 Å². The summed E-state index contributed by atoms with van der Waals surface area (Å²) in [6.07, 6.45) is 1.60. The first-order valence-corrected chi connectivity index (χ1v) is 13.8. The number of β-amino-alcohol motifs (C(OH)–C–C–N with tert-alkyl or cyclic N) is 1. The number of aromatic nitrogens is 2. The lowest BCUT2D eigenvalue weighted by atomic mass is 9.99. The van der Waals surface area contributed by atoms with Gasteiger partial charge in [0.2, 0.25) is 0 Å². The van der Waals surface area contributed by atoms with Crippen LogP contribution in [0.1, 0.15) is 31.9 Å². The van der Waals surface area contributed by atoms with Crippen molar-refractivity contribution in [1.29, 1.82) is 0 Å². The number of carbonyl (C=O) groups is 1. The Bertz CT molecular complexity index is 1540. The number of rotatable bonds is 13. The summed E-state index contributed by atoms with van der Waals surface area (Å²) in [5.41, 5.74) is 2.15. The van der Waals surface area contributed by atoms with Crippen molar-refractivity contribution in [2.24, 2.45) is 0 Å². The molecule has 1 atom stereocenters. The molecule has 10 nitrogen and oxygen atoms in total. The summed E-state index contributed by atoms with van der Waals surface area (Å²) in [6.45, 7) is 5.34. The van der Waals surface area contributed by atoms with E-state index in [4.69, 9.17) is 9.47 Å². The van der Waals surface area contributed by atoms with Crippen LogP contribution in [0.3, 0.4) is 0 Å². The zero-order chi connectivity index (χ0) is 28.0. The Morgan fingerprint density at radius 3 is 2.56 bits per heavy atom. The van der Waals surface area contributed by atoms with Crippen LogP contribution in [0.4, 0.5) is 5.69 Å². The summed E-state index contributed by atoms with van der Waals surface area (Å²) in [5.74, 6) is 0.739. The molecule has 11 heteroatoms. The van der Waals surface area contributed by atoms with Gasteiger partial charge in [-0.05, 0) is 50.1 Å². The molecule has 0 bridgehead atoms. The standard InChI is InChI=1S/C28H32N4O6S/c1-28(2,12-13-32-18-29-23-15-27(38-19-33)26(37-3)16-24(23)32)30-17-25(34)20-8-7-9-21(14-20)31-39(35,36)22-10-5-4-6-11-22/h4-11,14-16,18-19,25,30-31,34H,12-13,17H2,1-3H3/t25-/m0/s1. The van der Waals surface area contributed by atoms with Crippen molar-refractivity contribution in [1.82, 2.24) is 14.9 Å². The van der Waals surface area contributed by atoms with E-state index < -0.39 is 16.1 Å². The van der Waals surface area contributed by atoms with Gasteiger partial charge in [0.05, 0.1) is 35.5 Å². The molecule has 4 aromatic rings. The molecule has 206 valence electrons. The highest BCUT2D eigenvalue weighted by Crippen LogP contribution is 2.32. The molecule has 4 rings (SSSR count). The Kier molecular flexibility index (Phi) is 8.54. The number of anilines is 1. The van der Waals surface area contributed by atoms with Gasteiger partial charge in [0.15, 0.2) is 11.5 Å². The van der Waals surface area contributed by atoms with Gasteiger partial charge in [-0.2, -0.15) is 0 Å². The maximum absolute atomic E-state index is 12.7. The molecule has 3 N–H and O–H groups in total. The highest BCUT2D eigenvalue weighted by molar-refractivity contribution is 7.92. The van der Waals surface area contributed by atoms with Crippen molar-refractivity contribution in [2.75, 3.05) is 18.4 Å². The molecule has 1 heterocycles. The van der Waals surface area contributed by atoms with Crippen molar-refractivity contribution >= 4 is 33.2 Å². The number of aryl methyl sites for hydroxylation is 1. The maximum Gasteiger partial charge on any atom is 0.298 e. The number of sulfonamides is 1. The second kappa shape index (κ2) is 11.9. The van der Waals surface area contributed by atoms with E-state index in [0.717, 1.165) is 11.9 Å². The largest absolute Gasteiger partial charge is 0.493 e. The van der Waals surface area contributed by atoms with E-state index >= 15 is 0 Å². The van der Waals surface area contributed by atoms with Crippen molar-refractivity contribution in [3.8, 4) is 11.5 Å². The van der Waals surface area contributed by atoms with E-state index in [1.165, 1.54) is 19.2 Å². The maximum atomic E-state index is 12.7. The number of carbonyl (C=O) groups excluding carboxylic acids is 1. The Labute approximate surface area is 227 Å². The van der Waals surface area contributed by atoms with Gasteiger partial charge in [-0.1, -0.05) is 30.3 Å². The summed E-state index contributed by atoms with van der Waals surface area (Å²) in [6, 6.07) is 18.3. The average molecular weight is 553 g/mol. The molecule has 39 heavy (non-hydrogen) atoms. The SMILES string of the molecule is COc1cc2c(cc1OC=O)ncn2CCC(C)(C)NC[C@H](O)c1cccc(NS(=O)(=O)c2ccccc2)c1. The van der Waals surface area contributed by atoms with Crippen molar-refractivity contribution in [2.45, 2.75) is 43.4 Å². The van der Waals surface area contributed by atoms with Gasteiger partial charge in [-0.25, -0.2) is 13.4 Å². The molecule has 0 saturated heterocycles. The van der Waals surface area contributed by atoms with Crippen LogP contribution in [0.5, 0.6) is 11.5 Å². The predicted molar refractivity (Wildman–Crippen MR) is 148 cm³/mol. The lowest BCUT2D eigenvalue weighted by molar-refractivity contribution is -0.120. The van der Waals surface area contributed by atoms with Gasteiger partial charge in [0, 0.05) is 36.4 Å². The predicted octanol–water partition coefficient (Wildman–Crippen LogP) is 3.87. The number of methoxy groups -OCH3 is 1. The minimum Gasteiger partial charge on any atom is -0.493 e. The normalized spacial score (nSPS) is 12.7. The molecule has 0 fully saturated rings. The molecule has 0 radical (unpaired) electrons. The van der Waals surface area contributed by atoms with Crippen LogP contribution >= 0.6 is 0 Å². The fraction of sp³-hybridized carbons (Fsp3) is 0.286. The second-order valence-electron chi connectivity index (χ2n) is 9.72. The third kappa shape index (κ3) is 6.94. The number of hydrogen-bond acceptors (Lipinski definition) is 8. The highest BCUT2D eigenvalue weighted by atomic mass is 32.2. The van der Waals surface area contributed by atoms with Crippen molar-refractivity contribution < 1.29 is 27.8 Å². The number of aliphatic hydroxyl groups is 1. The van der Waals surface area contributed by atoms with Gasteiger partial charge < -0.3 is 24.5 Å². The van der Waals surface area contributed by atoms with Crippen molar-refractivity contribution in [3.63, 3.8) is 0 Å². The molecule has 0 spiro atoms. The van der Waals surface area contributed by atoms with Crippen LogP contribution in [0.25, 0.3) is 11.0 Å². The number of aliphatic hydroxyl groups excluding tert-OH is 1. The lowest BCUT2D eigenvalue weighted by Crippen LogP contribution is -2.42. The minimum absolute atomic E-state index is 0.165. The van der Waals surface area contributed by atoms with Crippen LogP contribution in [0.2, 0.25) is 0 Å². The Morgan fingerprint density at radius 2 is 1.85 bits per heavy atom. The lowest BCUT2D eigenvalue weighted by Gasteiger charge is -2.28. The highest BCUT2D eigenvalue weighted by Gasteiger charge is 2.21. The van der Waals surface area contributed by atoms with Gasteiger partial charge >= 0.3 is 0 Å². The molecule has 0 aliphatic heterocycles. The molecule has 0 amide bonds. The first-order chi connectivity index (χ1) is 18.6. The van der Waals surface area contributed by atoms with Crippen LogP contribution in [0.15, 0.2) is 78.0 Å². The molecular formula is C28H32N4O6S. The molecule has 3 aromatic carbocycles. The first-order valence-electron chi connectivity index (χ1n) is 12.4. The van der Waals surface area contributed by atoms with Crippen LogP contribution in [-0.2, 0) is 21.4 Å². The number of benzene rings is 3. The number of nitrogens with one attached hydrogen (secondary N) is 2. The second-order valence-corrected chi connectivity index (χ2v) is 11.4. The summed E-state index contributed by atoms with van der Waals surface area (Å²) in [7, 11) is -2.23. The minimum atomic E-state index is -3.73. The first kappa shape index (κ1) is 28.1. The quantitative estimate of drug-likeness (QED) is 0.213. The third-order valence-electron chi connectivity index (χ3n) is 6.41. The van der Waals surface area contributed by atoms with Gasteiger partial charge in [-0.15, -0.1) is 0 Å². The van der Waals surface area contributed by atoms with E-state index in [0.29, 0.717) is 41.3 Å². The number of nitrogens with zero attached hydrogens (tertiary/aromatic N) is 2. The Morgan fingerprint density at radius 1 is 1.08 bits per heavy atom. The van der Waals surface area contributed by atoms with E-state index in [1.807, 2.05) is 18.4 Å². The number of fused-ring (bicyclic) bond motifs is 1. The monoisotopic (exact) mass is 552 g/mol. The van der Waals surface area contributed by atoms with E-state index in [9.17, 15) is 18.3 Å². The number of hydrogen-bond donors (Lipinski definition) is 3. The summed E-state index contributed by atoms with van der Waals surface area (Å²) in [4.78, 5) is 15.3. The van der Waals surface area contributed by atoms with Crippen LogP contribution < -0.4 is 19.5 Å². The summed E-state index contributed by atoms with van der Waals surface area (Å²) < 4.78 is 40.2. The Hall–Kier alpha value is -3.93.